The van der Waals surface area contributed by atoms with Gasteiger partial charge < -0.3 is 4.74 Å². The molecule has 0 amide bonds. The number of halogens is 1. The van der Waals surface area contributed by atoms with Crippen LogP contribution in [0.4, 0.5) is 4.39 Å². The molecule has 0 N–H and O–H groups in total. The number of hydrogen-bond acceptors (Lipinski definition) is 1. The third-order valence-electron chi connectivity index (χ3n) is 5.85. The number of unbranched alkanes of at least 4 members (excludes halogenated alkanes) is 3. The van der Waals surface area contributed by atoms with Crippen LogP contribution in [0.3, 0.4) is 0 Å². The molecule has 0 saturated heterocycles. The summed E-state index contributed by atoms with van der Waals surface area (Å²) in [6.45, 7) is 6.59. The molecule has 0 bridgehead atoms. The van der Waals surface area contributed by atoms with E-state index in [-0.39, 0.29) is 5.82 Å². The van der Waals surface area contributed by atoms with Crippen molar-refractivity contribution in [3.63, 3.8) is 0 Å². The Morgan fingerprint density at radius 3 is 2.46 bits per heavy atom. The lowest BCUT2D eigenvalue weighted by atomic mass is 9.78. The maximum Gasteiger partial charge on any atom is 0.130 e. The Morgan fingerprint density at radius 1 is 1.08 bits per heavy atom. The van der Waals surface area contributed by atoms with Gasteiger partial charge in [0.25, 0.3) is 0 Å². The first kappa shape index (κ1) is 21.0. The van der Waals surface area contributed by atoms with Crippen LogP contribution < -0.4 is 4.74 Å². The SMILES string of the molecule is C=CCCCOc1ccc(CC[C@H]2CC[C@H](CCCCC)CC2)c(F)c1. The van der Waals surface area contributed by atoms with Gasteiger partial charge in [-0.1, -0.05) is 70.4 Å². The Hall–Kier alpha value is -1.31. The largest absolute Gasteiger partial charge is 0.493 e. The van der Waals surface area contributed by atoms with E-state index in [4.69, 9.17) is 4.74 Å². The monoisotopic (exact) mass is 360 g/mol. The highest BCUT2D eigenvalue weighted by Crippen LogP contribution is 2.34. The van der Waals surface area contributed by atoms with Crippen LogP contribution in [0.1, 0.15) is 83.1 Å². The highest BCUT2D eigenvalue weighted by atomic mass is 19.1. The molecule has 1 aromatic carbocycles. The van der Waals surface area contributed by atoms with Crippen LogP contribution in [-0.4, -0.2) is 6.61 Å². The predicted molar refractivity (Wildman–Crippen MR) is 109 cm³/mol. The van der Waals surface area contributed by atoms with Gasteiger partial charge in [-0.25, -0.2) is 4.39 Å². The van der Waals surface area contributed by atoms with Gasteiger partial charge in [0.05, 0.1) is 6.61 Å². The molecule has 0 unspecified atom stereocenters. The molecule has 2 heteroatoms. The first-order chi connectivity index (χ1) is 12.7. The van der Waals surface area contributed by atoms with Crippen LogP contribution in [0.25, 0.3) is 0 Å². The van der Waals surface area contributed by atoms with Gasteiger partial charge in [-0.05, 0) is 49.1 Å². The van der Waals surface area contributed by atoms with Crippen molar-refractivity contribution in [2.24, 2.45) is 11.8 Å². The molecule has 26 heavy (non-hydrogen) atoms. The smallest absolute Gasteiger partial charge is 0.130 e. The number of benzene rings is 1. The van der Waals surface area contributed by atoms with Gasteiger partial charge in [0, 0.05) is 6.07 Å². The van der Waals surface area contributed by atoms with Crippen molar-refractivity contribution in [1.29, 1.82) is 0 Å². The Balaban J connectivity index is 1.68. The zero-order valence-corrected chi connectivity index (χ0v) is 16.6. The first-order valence-corrected chi connectivity index (χ1v) is 10.7. The maximum atomic E-state index is 14.3. The van der Waals surface area contributed by atoms with E-state index in [0.29, 0.717) is 12.4 Å². The first-order valence-electron chi connectivity index (χ1n) is 10.7. The summed E-state index contributed by atoms with van der Waals surface area (Å²) in [6.07, 6.45) is 16.7. The molecule has 1 aromatic rings. The summed E-state index contributed by atoms with van der Waals surface area (Å²) in [5, 5.41) is 0. The molecule has 1 fully saturated rings. The lowest BCUT2D eigenvalue weighted by Gasteiger charge is -2.28. The average Bonchev–Trinajstić information content (AvgIpc) is 2.66. The Bertz CT molecular complexity index is 517. The summed E-state index contributed by atoms with van der Waals surface area (Å²) in [5.74, 6) is 2.26. The van der Waals surface area contributed by atoms with E-state index >= 15 is 0 Å². The summed E-state index contributed by atoms with van der Waals surface area (Å²) in [6, 6.07) is 5.37. The quantitative estimate of drug-likeness (QED) is 0.277. The van der Waals surface area contributed by atoms with E-state index in [1.807, 2.05) is 18.2 Å². The second kappa shape index (κ2) is 12.1. The molecule has 1 nitrogen and oxygen atoms in total. The van der Waals surface area contributed by atoms with Gasteiger partial charge in [-0.15, -0.1) is 6.58 Å². The van der Waals surface area contributed by atoms with Crippen molar-refractivity contribution in [3.8, 4) is 5.75 Å². The minimum atomic E-state index is -0.112. The highest BCUT2D eigenvalue weighted by Gasteiger charge is 2.21. The lowest BCUT2D eigenvalue weighted by Crippen LogP contribution is -2.15. The third-order valence-corrected chi connectivity index (χ3v) is 5.85. The van der Waals surface area contributed by atoms with Gasteiger partial charge in [0.1, 0.15) is 11.6 Å². The van der Waals surface area contributed by atoms with Crippen LogP contribution in [0.15, 0.2) is 30.9 Å². The Kier molecular flexibility index (Phi) is 9.81. The van der Waals surface area contributed by atoms with Crippen molar-refractivity contribution in [2.45, 2.75) is 84.0 Å². The Labute approximate surface area is 160 Å². The number of allylic oxidation sites excluding steroid dienone is 1. The molecule has 0 spiro atoms. The van der Waals surface area contributed by atoms with E-state index in [1.165, 1.54) is 51.4 Å². The van der Waals surface area contributed by atoms with E-state index in [2.05, 4.69) is 13.5 Å². The molecule has 1 aliphatic carbocycles. The standard InChI is InChI=1S/C24H37FO/c1-3-5-7-9-20-10-12-21(13-11-20)14-15-22-16-17-23(19-24(22)25)26-18-8-6-4-2/h4,16-17,19-21H,2-3,5-15,18H2,1H3/t20-,21-. The number of rotatable bonds is 12. The van der Waals surface area contributed by atoms with E-state index < -0.39 is 0 Å². The van der Waals surface area contributed by atoms with Crippen molar-refractivity contribution < 1.29 is 9.13 Å². The van der Waals surface area contributed by atoms with Gasteiger partial charge in [0.2, 0.25) is 0 Å². The van der Waals surface area contributed by atoms with Crippen LogP contribution in [0, 0.1) is 17.7 Å². The van der Waals surface area contributed by atoms with Crippen LogP contribution in [0.2, 0.25) is 0 Å². The van der Waals surface area contributed by atoms with E-state index in [0.717, 1.165) is 43.1 Å². The Morgan fingerprint density at radius 2 is 1.81 bits per heavy atom. The topological polar surface area (TPSA) is 9.23 Å². The molecule has 146 valence electrons. The average molecular weight is 361 g/mol. The fourth-order valence-electron chi connectivity index (χ4n) is 4.09. The minimum absolute atomic E-state index is 0.112. The normalized spacial score (nSPS) is 20.1. The maximum absolute atomic E-state index is 14.3. The summed E-state index contributed by atoms with van der Waals surface area (Å²) < 4.78 is 19.9. The fourth-order valence-corrected chi connectivity index (χ4v) is 4.09. The van der Waals surface area contributed by atoms with E-state index in [1.54, 1.807) is 6.07 Å². The zero-order chi connectivity index (χ0) is 18.6. The second-order valence-corrected chi connectivity index (χ2v) is 7.95. The fraction of sp³-hybridized carbons (Fsp3) is 0.667. The number of hydrogen-bond donors (Lipinski definition) is 0. The van der Waals surface area contributed by atoms with Crippen molar-refractivity contribution in [2.75, 3.05) is 6.61 Å². The predicted octanol–water partition coefficient (Wildman–Crippen LogP) is 7.49. The molecule has 0 atom stereocenters. The lowest BCUT2D eigenvalue weighted by molar-refractivity contribution is 0.248. The second-order valence-electron chi connectivity index (χ2n) is 7.95. The summed E-state index contributed by atoms with van der Waals surface area (Å²) in [7, 11) is 0. The molecule has 0 radical (unpaired) electrons. The van der Waals surface area contributed by atoms with Gasteiger partial charge >= 0.3 is 0 Å². The number of aryl methyl sites for hydroxylation is 1. The number of ether oxygens (including phenoxy) is 1. The van der Waals surface area contributed by atoms with Crippen molar-refractivity contribution >= 4 is 0 Å². The summed E-state index contributed by atoms with van der Waals surface area (Å²) >= 11 is 0. The van der Waals surface area contributed by atoms with Gasteiger partial charge in [-0.3, -0.25) is 0 Å². The van der Waals surface area contributed by atoms with Gasteiger partial charge in [0.15, 0.2) is 0 Å². The molecule has 0 heterocycles. The molecule has 2 rings (SSSR count). The van der Waals surface area contributed by atoms with E-state index in [9.17, 15) is 4.39 Å². The highest BCUT2D eigenvalue weighted by molar-refractivity contribution is 5.29. The molecule has 0 aliphatic heterocycles. The molecule has 1 aliphatic rings. The van der Waals surface area contributed by atoms with Crippen LogP contribution in [0.5, 0.6) is 5.75 Å². The molecule has 1 saturated carbocycles. The van der Waals surface area contributed by atoms with Crippen LogP contribution >= 0.6 is 0 Å². The minimum Gasteiger partial charge on any atom is -0.493 e. The summed E-state index contributed by atoms with van der Waals surface area (Å²) in [5.41, 5.74) is 0.841. The van der Waals surface area contributed by atoms with Gasteiger partial charge in [-0.2, -0.15) is 0 Å². The van der Waals surface area contributed by atoms with Crippen LogP contribution in [-0.2, 0) is 6.42 Å². The zero-order valence-electron chi connectivity index (χ0n) is 16.6. The molecular formula is C24H37FO. The molecular weight excluding hydrogens is 323 g/mol. The third kappa shape index (κ3) is 7.51. The summed E-state index contributed by atoms with van der Waals surface area (Å²) in [4.78, 5) is 0. The molecule has 0 aromatic heterocycles. The van der Waals surface area contributed by atoms with Crippen molar-refractivity contribution in [3.05, 3.63) is 42.2 Å². The van der Waals surface area contributed by atoms with Crippen molar-refractivity contribution in [1.82, 2.24) is 0 Å².